The Morgan fingerprint density at radius 3 is 1.04 bits per heavy atom. The zero-order chi connectivity index (χ0) is 71.8. The zero-order valence-electron chi connectivity index (χ0n) is 66.4. The van der Waals surface area contributed by atoms with Crippen LogP contribution in [0.3, 0.4) is 0 Å². The minimum absolute atomic E-state index is 0.283. The maximum atomic E-state index is 2.41. The van der Waals surface area contributed by atoms with Crippen LogP contribution in [-0.2, 0) is 10.8 Å². The first kappa shape index (κ1) is 76.9. The Balaban J connectivity index is 0.000000118. The molecule has 544 valence electrons. The van der Waals surface area contributed by atoms with Gasteiger partial charge in [0, 0.05) is 0 Å². The molecule has 0 radical (unpaired) electrons. The second kappa shape index (κ2) is 36.7. The standard InChI is InChI=1S/C17H22.2C14H18.C13H18.C12H16.C11H14.C11H16.C10H14/c1-11-4-2-3-5-16(11)17-14-7-12-6-13(9-14)10-15(17)8-12;1-11-4-2-3-5-13(11)14-8-6-12(10-14)7-9-14;1-10-4-2-3-5-13(10)14-9-11-6-7-12(14)8-11;1-11-7-5-6-10-13(11)12-8-3-2-4-9-12;1-10-6-2-5-9-12(10)11-7-3-4-8-11;1-9-5-2-3-8-11(9)10-6-4-7-10;1-9-7-5-6-8-10(9)11(2,3)4;1-8(2)10-7-5-4-6-9(10)3/h2-5,12-15,17H,6-10H2,1H3;2-5,12H,6-10H2,1H3;2-5,11-12,14H,6-9H2,1H3;5-7,10,12H,2-4,8-9H2,1H3;2,5-6,9,11H,3-4,7-8H2,1H3;2-3,5,8,10H,4,6-7H2,1H3;5-8H,1-4H3;4-8H,1-3H3. The molecular weight excluding hydrogens is 1230 g/mol. The number of hydrogen-bond acceptors (Lipinski definition) is 0. The van der Waals surface area contributed by atoms with Gasteiger partial charge >= 0.3 is 0 Å². The van der Waals surface area contributed by atoms with Gasteiger partial charge in [-0.25, -0.2) is 0 Å². The molecule has 11 saturated carbocycles. The fraction of sp³-hybridized carbons (Fsp3) is 0.529. The van der Waals surface area contributed by atoms with E-state index >= 15 is 0 Å². The Morgan fingerprint density at radius 2 is 0.686 bits per heavy atom. The molecule has 102 heavy (non-hydrogen) atoms. The third kappa shape index (κ3) is 20.0. The van der Waals surface area contributed by atoms with Crippen molar-refractivity contribution in [1.29, 1.82) is 0 Å². The van der Waals surface area contributed by atoms with Crippen LogP contribution in [0.25, 0.3) is 0 Å². The van der Waals surface area contributed by atoms with E-state index in [-0.39, 0.29) is 5.41 Å². The van der Waals surface area contributed by atoms with Crippen LogP contribution in [0.4, 0.5) is 0 Å². The van der Waals surface area contributed by atoms with Gasteiger partial charge in [0.15, 0.2) is 0 Å². The first-order valence-electron chi connectivity index (χ1n) is 41.8. The van der Waals surface area contributed by atoms with Gasteiger partial charge < -0.3 is 0 Å². The van der Waals surface area contributed by atoms with Crippen molar-refractivity contribution in [3.05, 3.63) is 283 Å². The fourth-order valence-corrected chi connectivity index (χ4v) is 21.9. The van der Waals surface area contributed by atoms with Gasteiger partial charge in [0.05, 0.1) is 0 Å². The molecule has 19 rings (SSSR count). The van der Waals surface area contributed by atoms with Gasteiger partial charge in [0.2, 0.25) is 0 Å². The van der Waals surface area contributed by atoms with Crippen molar-refractivity contribution in [1.82, 2.24) is 0 Å². The maximum absolute atomic E-state index is 2.41. The molecule has 8 aromatic carbocycles. The van der Waals surface area contributed by atoms with E-state index in [1.807, 2.05) is 0 Å². The summed E-state index contributed by atoms with van der Waals surface area (Å²) < 4.78 is 0. The number of benzene rings is 8. The second-order valence-electron chi connectivity index (χ2n) is 35.8. The molecular formula is C102H136. The van der Waals surface area contributed by atoms with E-state index in [1.54, 1.807) is 39.8 Å². The van der Waals surface area contributed by atoms with Gasteiger partial charge in [-0.1, -0.05) is 274 Å². The van der Waals surface area contributed by atoms with Crippen molar-refractivity contribution in [2.45, 2.75) is 303 Å². The molecule has 3 atom stereocenters. The molecule has 0 heterocycles. The molecule has 0 amide bonds. The van der Waals surface area contributed by atoms with Crippen LogP contribution in [0.15, 0.2) is 194 Å². The molecule has 0 spiro atoms. The summed E-state index contributed by atoms with van der Waals surface area (Å²) >= 11 is 0. The van der Waals surface area contributed by atoms with Gasteiger partial charge in [-0.2, -0.15) is 0 Å². The molecule has 8 bridgehead atoms. The molecule has 0 aliphatic heterocycles. The van der Waals surface area contributed by atoms with Crippen LogP contribution in [0, 0.1) is 96.8 Å². The third-order valence-electron chi connectivity index (χ3n) is 27.3. The van der Waals surface area contributed by atoms with E-state index < -0.39 is 0 Å². The summed E-state index contributed by atoms with van der Waals surface area (Å²) in [6.07, 6.45) is 38.0. The number of fused-ring (bicyclic) bond motifs is 4. The fourth-order valence-electron chi connectivity index (χ4n) is 21.9. The number of rotatable bonds is 7. The molecule has 11 aliphatic rings. The van der Waals surface area contributed by atoms with E-state index in [4.69, 9.17) is 0 Å². The maximum Gasteiger partial charge on any atom is -0.00415 e. The van der Waals surface area contributed by atoms with Crippen molar-refractivity contribution >= 4 is 0 Å². The summed E-state index contributed by atoms with van der Waals surface area (Å²) in [6, 6.07) is 70.7. The van der Waals surface area contributed by atoms with Crippen molar-refractivity contribution in [2.75, 3.05) is 0 Å². The molecule has 11 fully saturated rings. The van der Waals surface area contributed by atoms with E-state index in [0.29, 0.717) is 11.3 Å². The van der Waals surface area contributed by atoms with Crippen molar-refractivity contribution in [3.8, 4) is 0 Å². The van der Waals surface area contributed by atoms with Crippen LogP contribution in [0.5, 0.6) is 0 Å². The highest BCUT2D eigenvalue weighted by Gasteiger charge is 2.49. The first-order chi connectivity index (χ1) is 49.3. The Bertz CT molecular complexity index is 3810. The lowest BCUT2D eigenvalue weighted by Gasteiger charge is -2.55. The van der Waals surface area contributed by atoms with Gasteiger partial charge in [-0.15, -0.1) is 0 Å². The molecule has 0 nitrogen and oxygen atoms in total. The molecule has 11 aliphatic carbocycles. The highest BCUT2D eigenvalue weighted by Crippen LogP contribution is 2.61. The van der Waals surface area contributed by atoms with Gasteiger partial charge in [0.25, 0.3) is 0 Å². The predicted octanol–water partition coefficient (Wildman–Crippen LogP) is 29.6. The molecule has 0 heteroatoms. The van der Waals surface area contributed by atoms with Gasteiger partial charge in [-0.05, 0) is 354 Å². The summed E-state index contributed by atoms with van der Waals surface area (Å²) in [4.78, 5) is 0. The Morgan fingerprint density at radius 1 is 0.304 bits per heavy atom. The lowest BCUT2D eigenvalue weighted by molar-refractivity contribution is -0.00297. The van der Waals surface area contributed by atoms with Crippen molar-refractivity contribution < 1.29 is 0 Å². The Hall–Kier alpha value is -6.24. The topological polar surface area (TPSA) is 0 Å². The van der Waals surface area contributed by atoms with Gasteiger partial charge in [0.1, 0.15) is 0 Å². The Labute approximate surface area is 624 Å². The summed E-state index contributed by atoms with van der Waals surface area (Å²) in [5, 5.41) is 0. The van der Waals surface area contributed by atoms with Crippen LogP contribution < -0.4 is 0 Å². The lowest BCUT2D eigenvalue weighted by atomic mass is 9.50. The van der Waals surface area contributed by atoms with Crippen LogP contribution in [0.1, 0.15) is 326 Å². The first-order valence-corrected chi connectivity index (χ1v) is 41.8. The number of hydrogen-bond donors (Lipinski definition) is 0. The summed E-state index contributed by atoms with van der Waals surface area (Å²) in [5.41, 5.74) is 25.3. The highest BCUT2D eigenvalue weighted by atomic mass is 14.5. The monoisotopic (exact) mass is 1360 g/mol. The molecule has 0 aromatic heterocycles. The molecule has 0 saturated heterocycles. The van der Waals surface area contributed by atoms with Gasteiger partial charge in [-0.3, -0.25) is 0 Å². The SMILES string of the molecule is Cc1ccccc1C(C)(C)C.Cc1ccccc1C(C)C.Cc1ccccc1C12CCC(CC1)C2.Cc1ccccc1C1C2CC3CC(C2)CC1C3.Cc1ccccc1C1CC2CCC1C2.Cc1ccccc1C1CCC1.Cc1ccccc1C1CCCC1.Cc1ccccc1C1CCCCC1. The van der Waals surface area contributed by atoms with Crippen LogP contribution in [-0.4, -0.2) is 0 Å². The normalized spacial score (nSPS) is 25.6. The van der Waals surface area contributed by atoms with E-state index in [0.717, 1.165) is 71.0 Å². The minimum Gasteiger partial charge on any atom is -0.0620 e. The molecule has 8 aromatic rings. The second-order valence-corrected chi connectivity index (χ2v) is 35.8. The summed E-state index contributed by atoms with van der Waals surface area (Å²) in [6.45, 7) is 29.0. The van der Waals surface area contributed by atoms with E-state index in [9.17, 15) is 0 Å². The molecule has 3 unspecified atom stereocenters. The minimum atomic E-state index is 0.283. The van der Waals surface area contributed by atoms with Crippen LogP contribution in [0.2, 0.25) is 0 Å². The van der Waals surface area contributed by atoms with Crippen molar-refractivity contribution in [2.24, 2.45) is 41.4 Å². The Kier molecular flexibility index (Phi) is 27.6. The average molecular weight is 1360 g/mol. The third-order valence-corrected chi connectivity index (χ3v) is 27.3. The zero-order valence-corrected chi connectivity index (χ0v) is 66.4. The quantitative estimate of drug-likeness (QED) is 0.149. The highest BCUT2D eigenvalue weighted by molar-refractivity contribution is 5.38. The summed E-state index contributed by atoms with van der Waals surface area (Å²) in [7, 11) is 0. The number of aryl methyl sites for hydroxylation is 8. The summed E-state index contributed by atoms with van der Waals surface area (Å²) in [5.74, 6) is 12.4. The average Bonchev–Trinajstić information content (AvgIpc) is 1.43. The largest absolute Gasteiger partial charge is 0.0620 e. The van der Waals surface area contributed by atoms with Crippen molar-refractivity contribution in [3.63, 3.8) is 0 Å². The smallest absolute Gasteiger partial charge is 0.00415 e. The van der Waals surface area contributed by atoms with E-state index in [1.165, 1.54) is 216 Å². The molecule has 0 N–H and O–H groups in total. The van der Waals surface area contributed by atoms with E-state index in [2.05, 4.69) is 284 Å². The lowest BCUT2D eigenvalue weighted by Crippen LogP contribution is -2.43. The predicted molar refractivity (Wildman–Crippen MR) is 442 cm³/mol. The van der Waals surface area contributed by atoms with Crippen LogP contribution >= 0.6 is 0 Å².